The molecule has 1 aliphatic heterocycles. The normalized spacial score (nSPS) is 17.2. The smallest absolute Gasteiger partial charge is 0.0605 e. The number of rotatable bonds is 5. The van der Waals surface area contributed by atoms with Crippen LogP contribution in [0.3, 0.4) is 0 Å². The molecule has 0 radical (unpaired) electrons. The fourth-order valence-corrected chi connectivity index (χ4v) is 2.51. The van der Waals surface area contributed by atoms with Crippen LogP contribution < -0.4 is 10.2 Å². The zero-order chi connectivity index (χ0) is 13.7. The van der Waals surface area contributed by atoms with Crippen LogP contribution in [-0.2, 0) is 11.3 Å². The van der Waals surface area contributed by atoms with Crippen LogP contribution in [0.25, 0.3) is 0 Å². The Balaban J connectivity index is 2.03. The standard InChI is InChI=1S/C15H25N3O/c1-12(2)17-11-13-10-16-7-4-15(13)18-8-5-14(19-3)6-9-18/h4,7,10,12,14,17H,5-6,8-9,11H2,1-3H3. The van der Waals surface area contributed by atoms with E-state index in [9.17, 15) is 0 Å². The number of ether oxygens (including phenoxy) is 1. The molecule has 4 heteroatoms. The molecule has 0 aromatic carbocycles. The third-order valence-corrected chi connectivity index (χ3v) is 3.69. The van der Waals surface area contributed by atoms with Crippen molar-refractivity contribution in [1.82, 2.24) is 10.3 Å². The Morgan fingerprint density at radius 1 is 1.42 bits per heavy atom. The number of methoxy groups -OCH3 is 1. The van der Waals surface area contributed by atoms with Crippen LogP contribution in [0.15, 0.2) is 18.5 Å². The predicted octanol–water partition coefficient (Wildman–Crippen LogP) is 2.19. The van der Waals surface area contributed by atoms with Crippen molar-refractivity contribution in [2.24, 2.45) is 0 Å². The third kappa shape index (κ3) is 3.91. The van der Waals surface area contributed by atoms with Crippen molar-refractivity contribution >= 4 is 5.69 Å². The molecule has 0 unspecified atom stereocenters. The van der Waals surface area contributed by atoms with Crippen molar-refractivity contribution in [3.8, 4) is 0 Å². The number of nitrogens with one attached hydrogen (secondary N) is 1. The molecule has 2 rings (SSSR count). The minimum atomic E-state index is 0.426. The number of aromatic nitrogens is 1. The maximum atomic E-state index is 5.43. The summed E-state index contributed by atoms with van der Waals surface area (Å²) in [6, 6.07) is 2.62. The Hall–Kier alpha value is -1.13. The van der Waals surface area contributed by atoms with Crippen LogP contribution in [0.1, 0.15) is 32.3 Å². The van der Waals surface area contributed by atoms with Gasteiger partial charge in [0.25, 0.3) is 0 Å². The first kappa shape index (κ1) is 14.3. The second-order valence-electron chi connectivity index (χ2n) is 5.46. The Morgan fingerprint density at radius 2 is 2.16 bits per heavy atom. The lowest BCUT2D eigenvalue weighted by Gasteiger charge is -2.34. The average Bonchev–Trinajstić information content (AvgIpc) is 2.45. The first-order valence-corrected chi connectivity index (χ1v) is 7.14. The van der Waals surface area contributed by atoms with Crippen LogP contribution in [0, 0.1) is 0 Å². The van der Waals surface area contributed by atoms with E-state index in [0.717, 1.165) is 32.5 Å². The van der Waals surface area contributed by atoms with Crippen molar-refractivity contribution in [1.29, 1.82) is 0 Å². The fraction of sp³-hybridized carbons (Fsp3) is 0.667. The maximum Gasteiger partial charge on any atom is 0.0605 e. The van der Waals surface area contributed by atoms with Gasteiger partial charge in [0.15, 0.2) is 0 Å². The van der Waals surface area contributed by atoms with E-state index in [4.69, 9.17) is 4.74 Å². The van der Waals surface area contributed by atoms with Gasteiger partial charge in [-0.05, 0) is 18.9 Å². The van der Waals surface area contributed by atoms with Gasteiger partial charge in [-0.25, -0.2) is 0 Å². The van der Waals surface area contributed by atoms with Gasteiger partial charge < -0.3 is 15.0 Å². The summed E-state index contributed by atoms with van der Waals surface area (Å²) in [6.45, 7) is 7.35. The summed E-state index contributed by atoms with van der Waals surface area (Å²) in [4.78, 5) is 6.71. The minimum Gasteiger partial charge on any atom is -0.381 e. The largest absolute Gasteiger partial charge is 0.381 e. The molecule has 1 aromatic rings. The molecule has 1 fully saturated rings. The van der Waals surface area contributed by atoms with Gasteiger partial charge >= 0.3 is 0 Å². The molecule has 0 saturated carbocycles. The van der Waals surface area contributed by atoms with Gasteiger partial charge in [0, 0.05) is 56.4 Å². The highest BCUT2D eigenvalue weighted by atomic mass is 16.5. The molecule has 106 valence electrons. The molecular formula is C15H25N3O. The highest BCUT2D eigenvalue weighted by Gasteiger charge is 2.20. The second kappa shape index (κ2) is 6.87. The first-order valence-electron chi connectivity index (χ1n) is 7.14. The van der Waals surface area contributed by atoms with Crippen LogP contribution in [0.4, 0.5) is 5.69 Å². The lowest BCUT2D eigenvalue weighted by Crippen LogP contribution is -2.37. The molecule has 19 heavy (non-hydrogen) atoms. The third-order valence-electron chi connectivity index (χ3n) is 3.69. The molecule has 0 spiro atoms. The summed E-state index contributed by atoms with van der Waals surface area (Å²) in [5.74, 6) is 0. The zero-order valence-electron chi connectivity index (χ0n) is 12.2. The Labute approximate surface area is 116 Å². The summed E-state index contributed by atoms with van der Waals surface area (Å²) in [5, 5.41) is 3.47. The summed E-state index contributed by atoms with van der Waals surface area (Å²) < 4.78 is 5.43. The highest BCUT2D eigenvalue weighted by molar-refractivity contribution is 5.52. The molecular weight excluding hydrogens is 238 g/mol. The number of hydrogen-bond acceptors (Lipinski definition) is 4. The van der Waals surface area contributed by atoms with Crippen molar-refractivity contribution in [3.63, 3.8) is 0 Å². The van der Waals surface area contributed by atoms with E-state index >= 15 is 0 Å². The number of pyridine rings is 1. The molecule has 0 aliphatic carbocycles. The van der Waals surface area contributed by atoms with Crippen LogP contribution in [0.2, 0.25) is 0 Å². The SMILES string of the molecule is COC1CCN(c2ccncc2CNC(C)C)CC1. The minimum absolute atomic E-state index is 0.426. The molecule has 4 nitrogen and oxygen atoms in total. The molecule has 2 heterocycles. The Kier molecular flexibility index (Phi) is 5.16. The van der Waals surface area contributed by atoms with Gasteiger partial charge in [0.05, 0.1) is 6.10 Å². The molecule has 1 saturated heterocycles. The van der Waals surface area contributed by atoms with Crippen molar-refractivity contribution in [3.05, 3.63) is 24.0 Å². The molecule has 1 aliphatic rings. The van der Waals surface area contributed by atoms with Gasteiger partial charge in [-0.3, -0.25) is 4.98 Å². The summed E-state index contributed by atoms with van der Waals surface area (Å²) >= 11 is 0. The predicted molar refractivity (Wildman–Crippen MR) is 78.5 cm³/mol. The summed E-state index contributed by atoms with van der Waals surface area (Å²) in [7, 11) is 1.81. The molecule has 0 amide bonds. The number of anilines is 1. The van der Waals surface area contributed by atoms with Crippen LogP contribution >= 0.6 is 0 Å². The van der Waals surface area contributed by atoms with Crippen molar-refractivity contribution in [2.75, 3.05) is 25.1 Å². The second-order valence-corrected chi connectivity index (χ2v) is 5.46. The topological polar surface area (TPSA) is 37.4 Å². The number of hydrogen-bond donors (Lipinski definition) is 1. The van der Waals surface area contributed by atoms with E-state index < -0.39 is 0 Å². The van der Waals surface area contributed by atoms with E-state index in [1.54, 1.807) is 0 Å². The summed E-state index contributed by atoms with van der Waals surface area (Å²) in [6.07, 6.45) is 6.51. The van der Waals surface area contributed by atoms with E-state index in [1.807, 2.05) is 19.5 Å². The van der Waals surface area contributed by atoms with Crippen molar-refractivity contribution in [2.45, 2.75) is 45.4 Å². The van der Waals surface area contributed by atoms with Crippen LogP contribution in [-0.4, -0.2) is 37.3 Å². The van der Waals surface area contributed by atoms with Crippen molar-refractivity contribution < 1.29 is 4.74 Å². The molecule has 1 N–H and O–H groups in total. The quantitative estimate of drug-likeness (QED) is 0.883. The number of piperidine rings is 1. The highest BCUT2D eigenvalue weighted by Crippen LogP contribution is 2.24. The van der Waals surface area contributed by atoms with Gasteiger partial charge in [0.1, 0.15) is 0 Å². The summed E-state index contributed by atoms with van der Waals surface area (Å²) in [5.41, 5.74) is 2.60. The van der Waals surface area contributed by atoms with Gasteiger partial charge in [-0.2, -0.15) is 0 Å². The average molecular weight is 263 g/mol. The zero-order valence-corrected chi connectivity index (χ0v) is 12.2. The maximum absolute atomic E-state index is 5.43. The molecule has 1 aromatic heterocycles. The fourth-order valence-electron chi connectivity index (χ4n) is 2.51. The van der Waals surface area contributed by atoms with Gasteiger partial charge in [-0.15, -0.1) is 0 Å². The number of nitrogens with zero attached hydrogens (tertiary/aromatic N) is 2. The molecule has 0 atom stereocenters. The molecule has 0 bridgehead atoms. The monoisotopic (exact) mass is 263 g/mol. The first-order chi connectivity index (χ1) is 9.20. The van der Waals surface area contributed by atoms with E-state index in [-0.39, 0.29) is 0 Å². The van der Waals surface area contributed by atoms with Crippen LogP contribution in [0.5, 0.6) is 0 Å². The lowest BCUT2D eigenvalue weighted by atomic mass is 10.1. The van der Waals surface area contributed by atoms with E-state index in [1.165, 1.54) is 11.3 Å². The van der Waals surface area contributed by atoms with Gasteiger partial charge in [-0.1, -0.05) is 13.8 Å². The van der Waals surface area contributed by atoms with Gasteiger partial charge in [0.2, 0.25) is 0 Å². The lowest BCUT2D eigenvalue weighted by molar-refractivity contribution is 0.0819. The Morgan fingerprint density at radius 3 is 2.79 bits per heavy atom. The van der Waals surface area contributed by atoms with E-state index in [2.05, 4.69) is 35.1 Å². The Bertz CT molecular complexity index is 387. The van der Waals surface area contributed by atoms with E-state index in [0.29, 0.717) is 12.1 Å².